The maximum atomic E-state index is 13.1. The van der Waals surface area contributed by atoms with E-state index in [9.17, 15) is 4.39 Å². The van der Waals surface area contributed by atoms with Crippen molar-refractivity contribution in [2.24, 2.45) is 5.92 Å². The van der Waals surface area contributed by atoms with E-state index in [-0.39, 0.29) is 5.82 Å². The van der Waals surface area contributed by atoms with Crippen molar-refractivity contribution in [3.8, 4) is 5.75 Å². The van der Waals surface area contributed by atoms with Gasteiger partial charge in [-0.1, -0.05) is 20.3 Å². The average Bonchev–Trinajstić information content (AvgIpc) is 2.22. The van der Waals surface area contributed by atoms with Gasteiger partial charge in [0, 0.05) is 6.07 Å². The van der Waals surface area contributed by atoms with Gasteiger partial charge < -0.3 is 10.5 Å². The molecule has 2 nitrogen and oxygen atoms in total. The van der Waals surface area contributed by atoms with Crippen LogP contribution in [0.15, 0.2) is 16.6 Å². The van der Waals surface area contributed by atoms with Crippen LogP contribution in [0.3, 0.4) is 0 Å². The van der Waals surface area contributed by atoms with Gasteiger partial charge >= 0.3 is 0 Å². The second kappa shape index (κ2) is 6.09. The minimum atomic E-state index is -0.369. The van der Waals surface area contributed by atoms with Crippen LogP contribution in [0.2, 0.25) is 0 Å². The zero-order valence-corrected chi connectivity index (χ0v) is 11.2. The van der Waals surface area contributed by atoms with Gasteiger partial charge in [-0.2, -0.15) is 0 Å². The quantitative estimate of drug-likeness (QED) is 0.832. The highest BCUT2D eigenvalue weighted by Gasteiger charge is 2.08. The summed E-state index contributed by atoms with van der Waals surface area (Å²) in [6, 6.07) is 2.84. The van der Waals surface area contributed by atoms with Crippen LogP contribution in [0.4, 0.5) is 10.1 Å². The minimum absolute atomic E-state index is 0.337. The first-order chi connectivity index (χ1) is 7.54. The highest BCUT2D eigenvalue weighted by Crippen LogP contribution is 2.29. The van der Waals surface area contributed by atoms with Crippen LogP contribution in [-0.4, -0.2) is 6.61 Å². The highest BCUT2D eigenvalue weighted by molar-refractivity contribution is 9.10. The first-order valence-corrected chi connectivity index (χ1v) is 6.21. The molecule has 90 valence electrons. The minimum Gasteiger partial charge on any atom is -0.491 e. The molecule has 0 saturated carbocycles. The molecule has 2 N–H and O–H groups in total. The molecule has 1 atom stereocenters. The molecule has 0 spiro atoms. The van der Waals surface area contributed by atoms with Gasteiger partial charge in [0.15, 0.2) is 0 Å². The maximum absolute atomic E-state index is 13.1. The third-order valence-corrected chi connectivity index (χ3v) is 2.97. The molecular formula is C12H17BrFNO. The third-order valence-electron chi connectivity index (χ3n) is 2.36. The van der Waals surface area contributed by atoms with Gasteiger partial charge in [-0.15, -0.1) is 0 Å². The summed E-state index contributed by atoms with van der Waals surface area (Å²) in [6.07, 6.45) is 2.25. The van der Waals surface area contributed by atoms with Crippen molar-refractivity contribution in [3.05, 3.63) is 22.4 Å². The number of nitrogen functional groups attached to an aromatic ring is 1. The standard InChI is InChI=1S/C12H17BrFNO/c1-3-4-8(2)7-16-12-5-9(13)10(14)6-11(12)15/h5-6,8H,3-4,7,15H2,1-2H3. The molecule has 0 aromatic heterocycles. The molecule has 0 aliphatic rings. The van der Waals surface area contributed by atoms with Gasteiger partial charge in [-0.05, 0) is 34.3 Å². The molecule has 0 radical (unpaired) electrons. The van der Waals surface area contributed by atoms with Crippen molar-refractivity contribution in [1.82, 2.24) is 0 Å². The molecule has 16 heavy (non-hydrogen) atoms. The van der Waals surface area contributed by atoms with Crippen molar-refractivity contribution >= 4 is 21.6 Å². The van der Waals surface area contributed by atoms with Crippen molar-refractivity contribution in [2.75, 3.05) is 12.3 Å². The second-order valence-electron chi connectivity index (χ2n) is 4.01. The third kappa shape index (κ3) is 3.67. The molecule has 0 amide bonds. The fraction of sp³-hybridized carbons (Fsp3) is 0.500. The summed E-state index contributed by atoms with van der Waals surface area (Å²) in [5.74, 6) is 0.649. The van der Waals surface area contributed by atoms with E-state index in [4.69, 9.17) is 10.5 Å². The van der Waals surface area contributed by atoms with Gasteiger partial charge in [0.05, 0.1) is 16.8 Å². The number of ether oxygens (including phenoxy) is 1. The summed E-state index contributed by atoms with van der Waals surface area (Å²) in [7, 11) is 0. The SMILES string of the molecule is CCCC(C)COc1cc(Br)c(F)cc1N. The van der Waals surface area contributed by atoms with E-state index in [1.54, 1.807) is 6.07 Å². The Morgan fingerprint density at radius 2 is 2.19 bits per heavy atom. The van der Waals surface area contributed by atoms with Crippen LogP contribution >= 0.6 is 15.9 Å². The van der Waals surface area contributed by atoms with E-state index >= 15 is 0 Å². The molecular weight excluding hydrogens is 273 g/mol. The lowest BCUT2D eigenvalue weighted by Crippen LogP contribution is -2.09. The maximum Gasteiger partial charge on any atom is 0.143 e. The lowest BCUT2D eigenvalue weighted by Gasteiger charge is -2.14. The number of hydrogen-bond donors (Lipinski definition) is 1. The second-order valence-corrected chi connectivity index (χ2v) is 4.86. The van der Waals surface area contributed by atoms with Crippen LogP contribution in [0.25, 0.3) is 0 Å². The monoisotopic (exact) mass is 289 g/mol. The number of nitrogens with two attached hydrogens (primary N) is 1. The van der Waals surface area contributed by atoms with Crippen molar-refractivity contribution in [2.45, 2.75) is 26.7 Å². The van der Waals surface area contributed by atoms with Crippen LogP contribution in [0, 0.1) is 11.7 Å². The van der Waals surface area contributed by atoms with Crippen molar-refractivity contribution < 1.29 is 9.13 Å². The Labute approximate surface area is 104 Å². The summed E-state index contributed by atoms with van der Waals surface area (Å²) in [4.78, 5) is 0. The Bertz CT molecular complexity index is 357. The van der Waals surface area contributed by atoms with Crippen LogP contribution in [-0.2, 0) is 0 Å². The van der Waals surface area contributed by atoms with Crippen molar-refractivity contribution in [3.63, 3.8) is 0 Å². The molecule has 1 rings (SSSR count). The van der Waals surface area contributed by atoms with Gasteiger partial charge in [-0.25, -0.2) is 4.39 Å². The predicted molar refractivity (Wildman–Crippen MR) is 68.1 cm³/mol. The van der Waals surface area contributed by atoms with E-state index in [2.05, 4.69) is 29.8 Å². The highest BCUT2D eigenvalue weighted by atomic mass is 79.9. The van der Waals surface area contributed by atoms with E-state index < -0.39 is 0 Å². The molecule has 1 unspecified atom stereocenters. The molecule has 0 heterocycles. The van der Waals surface area contributed by atoms with Gasteiger partial charge in [-0.3, -0.25) is 0 Å². The van der Waals surface area contributed by atoms with E-state index in [0.29, 0.717) is 28.4 Å². The molecule has 1 aromatic rings. The Balaban J connectivity index is 2.63. The average molecular weight is 290 g/mol. The Hall–Kier alpha value is -0.770. The van der Waals surface area contributed by atoms with Crippen LogP contribution in [0.5, 0.6) is 5.75 Å². The first kappa shape index (κ1) is 13.3. The van der Waals surface area contributed by atoms with Crippen LogP contribution in [0.1, 0.15) is 26.7 Å². The van der Waals surface area contributed by atoms with Gasteiger partial charge in [0.1, 0.15) is 11.6 Å². The zero-order valence-electron chi connectivity index (χ0n) is 9.59. The topological polar surface area (TPSA) is 35.2 Å². The summed E-state index contributed by atoms with van der Waals surface area (Å²) in [5.41, 5.74) is 6.00. The number of halogens is 2. The van der Waals surface area contributed by atoms with E-state index in [0.717, 1.165) is 12.8 Å². The normalized spacial score (nSPS) is 12.5. The van der Waals surface area contributed by atoms with Crippen molar-refractivity contribution in [1.29, 1.82) is 0 Å². The predicted octanol–water partition coefficient (Wildman–Crippen LogP) is 3.99. The number of rotatable bonds is 5. The molecule has 4 heteroatoms. The molecule has 0 fully saturated rings. The Kier molecular flexibility index (Phi) is 5.06. The Morgan fingerprint density at radius 1 is 1.50 bits per heavy atom. The molecule has 0 bridgehead atoms. The summed E-state index contributed by atoms with van der Waals surface area (Å²) < 4.78 is 19.0. The fourth-order valence-electron chi connectivity index (χ4n) is 1.48. The van der Waals surface area contributed by atoms with Gasteiger partial charge in [0.25, 0.3) is 0 Å². The lowest BCUT2D eigenvalue weighted by molar-refractivity contribution is 0.252. The summed E-state index contributed by atoms with van der Waals surface area (Å²) in [6.45, 7) is 4.87. The first-order valence-electron chi connectivity index (χ1n) is 5.42. The van der Waals surface area contributed by atoms with Gasteiger partial charge in [0.2, 0.25) is 0 Å². The molecule has 1 aromatic carbocycles. The number of anilines is 1. The zero-order chi connectivity index (χ0) is 12.1. The molecule has 0 aliphatic carbocycles. The molecule has 0 saturated heterocycles. The van der Waals surface area contributed by atoms with E-state index in [1.807, 2.05) is 0 Å². The number of benzene rings is 1. The summed E-state index contributed by atoms with van der Waals surface area (Å²) in [5, 5.41) is 0. The largest absolute Gasteiger partial charge is 0.491 e. The van der Waals surface area contributed by atoms with Crippen LogP contribution < -0.4 is 10.5 Å². The lowest BCUT2D eigenvalue weighted by atomic mass is 10.1. The number of hydrogen-bond acceptors (Lipinski definition) is 2. The smallest absolute Gasteiger partial charge is 0.143 e. The summed E-state index contributed by atoms with van der Waals surface area (Å²) >= 11 is 3.11. The van der Waals surface area contributed by atoms with E-state index in [1.165, 1.54) is 6.07 Å². The Morgan fingerprint density at radius 3 is 2.81 bits per heavy atom. The molecule has 0 aliphatic heterocycles. The fourth-order valence-corrected chi connectivity index (χ4v) is 1.80.